The summed E-state index contributed by atoms with van der Waals surface area (Å²) in [5.41, 5.74) is 0.471. The molecule has 0 unspecified atom stereocenters. The third-order valence-corrected chi connectivity index (χ3v) is 5.22. The first-order valence-corrected chi connectivity index (χ1v) is 9.15. The smallest absolute Gasteiger partial charge is 0.322 e. The van der Waals surface area contributed by atoms with E-state index < -0.39 is 28.7 Å². The van der Waals surface area contributed by atoms with E-state index in [2.05, 4.69) is 5.32 Å². The molecule has 0 radical (unpaired) electrons. The van der Waals surface area contributed by atoms with Crippen LogP contribution in [-0.2, 0) is 10.0 Å². The zero-order chi connectivity index (χ0) is 19.5. The maximum Gasteiger partial charge on any atom is 0.402 e. The van der Waals surface area contributed by atoms with Gasteiger partial charge in [0, 0.05) is 11.3 Å². The molecule has 0 aliphatic heterocycles. The monoisotopic (exact) mass is 426 g/mol. The van der Waals surface area contributed by atoms with Crippen molar-refractivity contribution >= 4 is 44.8 Å². The normalized spacial score (nSPS) is 12.0. The molecule has 0 bridgehead atoms. The molecular formula is C15H11Cl2F3N2O3S. The number of nitrogens with one attached hydrogen (secondary N) is 2. The van der Waals surface area contributed by atoms with E-state index in [1.165, 1.54) is 35.1 Å². The van der Waals surface area contributed by atoms with Crippen LogP contribution in [0.5, 0.6) is 0 Å². The number of anilines is 1. The number of halogens is 5. The molecule has 0 heterocycles. The van der Waals surface area contributed by atoms with E-state index in [1.54, 1.807) is 0 Å². The van der Waals surface area contributed by atoms with Crippen LogP contribution in [0.2, 0.25) is 10.0 Å². The second kappa shape index (κ2) is 7.83. The molecule has 5 nitrogen and oxygen atoms in total. The van der Waals surface area contributed by atoms with Crippen molar-refractivity contribution in [3.63, 3.8) is 0 Å². The highest BCUT2D eigenvalue weighted by Gasteiger charge is 2.30. The largest absolute Gasteiger partial charge is 0.402 e. The van der Waals surface area contributed by atoms with Gasteiger partial charge in [-0.05, 0) is 42.5 Å². The first-order chi connectivity index (χ1) is 12.0. The molecule has 0 spiro atoms. The van der Waals surface area contributed by atoms with E-state index in [0.717, 1.165) is 12.1 Å². The first-order valence-electron chi connectivity index (χ1n) is 6.91. The fraction of sp³-hybridized carbons (Fsp3) is 0.133. The topological polar surface area (TPSA) is 75.3 Å². The SMILES string of the molecule is O=C(Nc1ccc(S(=O)(=O)NCC(F)(F)F)cc1)c1ccc(Cl)c(Cl)c1. The Labute approximate surface area is 157 Å². The molecule has 0 fully saturated rings. The maximum absolute atomic E-state index is 12.1. The van der Waals surface area contributed by atoms with E-state index in [9.17, 15) is 26.4 Å². The number of hydrogen-bond acceptors (Lipinski definition) is 3. The summed E-state index contributed by atoms with van der Waals surface area (Å²) < 4.78 is 61.4. The maximum atomic E-state index is 12.1. The summed E-state index contributed by atoms with van der Waals surface area (Å²) in [6.45, 7) is -1.68. The van der Waals surface area contributed by atoms with Crippen LogP contribution in [0.1, 0.15) is 10.4 Å². The quantitative estimate of drug-likeness (QED) is 0.755. The van der Waals surface area contributed by atoms with Crippen molar-refractivity contribution in [2.24, 2.45) is 0 Å². The standard InChI is InChI=1S/C15H11Cl2F3N2O3S/c16-12-6-1-9(7-13(12)17)14(23)22-10-2-4-11(5-3-10)26(24,25)21-8-15(18,19)20/h1-7,21H,8H2,(H,22,23). The number of hydrogen-bond donors (Lipinski definition) is 2. The van der Waals surface area contributed by atoms with Crippen molar-refractivity contribution in [3.8, 4) is 0 Å². The summed E-state index contributed by atoms with van der Waals surface area (Å²) in [6, 6.07) is 8.89. The highest BCUT2D eigenvalue weighted by Crippen LogP contribution is 2.23. The summed E-state index contributed by atoms with van der Waals surface area (Å²) in [7, 11) is -4.32. The number of carbonyl (C=O) groups excluding carboxylic acids is 1. The Kier molecular flexibility index (Phi) is 6.17. The summed E-state index contributed by atoms with van der Waals surface area (Å²) in [4.78, 5) is 11.7. The molecule has 26 heavy (non-hydrogen) atoms. The van der Waals surface area contributed by atoms with Crippen molar-refractivity contribution < 1.29 is 26.4 Å². The van der Waals surface area contributed by atoms with Gasteiger partial charge in [-0.25, -0.2) is 13.1 Å². The van der Waals surface area contributed by atoms with Crippen LogP contribution >= 0.6 is 23.2 Å². The Balaban J connectivity index is 2.09. The second-order valence-electron chi connectivity index (χ2n) is 5.05. The zero-order valence-electron chi connectivity index (χ0n) is 12.8. The minimum Gasteiger partial charge on any atom is -0.322 e. The zero-order valence-corrected chi connectivity index (χ0v) is 15.1. The van der Waals surface area contributed by atoms with Crippen molar-refractivity contribution in [1.29, 1.82) is 0 Å². The number of alkyl halides is 3. The summed E-state index contributed by atoms with van der Waals surface area (Å²) >= 11 is 11.6. The molecule has 0 saturated heterocycles. The van der Waals surface area contributed by atoms with E-state index in [0.29, 0.717) is 0 Å². The van der Waals surface area contributed by atoms with Gasteiger partial charge in [-0.15, -0.1) is 0 Å². The van der Waals surface area contributed by atoms with Crippen LogP contribution in [0, 0.1) is 0 Å². The van der Waals surface area contributed by atoms with Gasteiger partial charge in [-0.2, -0.15) is 13.2 Å². The molecule has 2 N–H and O–H groups in total. The highest BCUT2D eigenvalue weighted by atomic mass is 35.5. The molecule has 2 aromatic carbocycles. The van der Waals surface area contributed by atoms with Crippen LogP contribution in [-0.4, -0.2) is 27.0 Å². The lowest BCUT2D eigenvalue weighted by Crippen LogP contribution is -2.33. The van der Waals surface area contributed by atoms with Gasteiger partial charge in [0.1, 0.15) is 6.54 Å². The van der Waals surface area contributed by atoms with Gasteiger partial charge < -0.3 is 5.32 Å². The van der Waals surface area contributed by atoms with E-state index in [1.807, 2.05) is 0 Å². The summed E-state index contributed by atoms with van der Waals surface area (Å²) in [5, 5.41) is 2.98. The van der Waals surface area contributed by atoms with Crippen LogP contribution in [0.4, 0.5) is 18.9 Å². The summed E-state index contributed by atoms with van der Waals surface area (Å²) in [6.07, 6.45) is -4.67. The molecule has 2 rings (SSSR count). The number of sulfonamides is 1. The van der Waals surface area contributed by atoms with Crippen LogP contribution in [0.15, 0.2) is 47.4 Å². The first kappa shape index (κ1) is 20.5. The van der Waals surface area contributed by atoms with Crippen LogP contribution < -0.4 is 10.0 Å². The Hall–Kier alpha value is -1.81. The van der Waals surface area contributed by atoms with E-state index in [4.69, 9.17) is 23.2 Å². The minimum absolute atomic E-state index is 0.191. The number of amides is 1. The minimum atomic E-state index is -4.67. The van der Waals surface area contributed by atoms with Crippen molar-refractivity contribution in [2.45, 2.75) is 11.1 Å². The van der Waals surface area contributed by atoms with Crippen LogP contribution in [0.3, 0.4) is 0 Å². The molecule has 0 saturated carbocycles. The molecule has 140 valence electrons. The predicted octanol–water partition coefficient (Wildman–Crippen LogP) is 4.09. The van der Waals surface area contributed by atoms with Gasteiger partial charge in [0.2, 0.25) is 10.0 Å². The van der Waals surface area contributed by atoms with Gasteiger partial charge in [0.05, 0.1) is 14.9 Å². The third-order valence-electron chi connectivity index (χ3n) is 3.07. The fourth-order valence-electron chi connectivity index (χ4n) is 1.82. The van der Waals surface area contributed by atoms with Crippen LogP contribution in [0.25, 0.3) is 0 Å². The Morgan fingerprint density at radius 3 is 2.15 bits per heavy atom. The highest BCUT2D eigenvalue weighted by molar-refractivity contribution is 7.89. The molecule has 2 aromatic rings. The van der Waals surface area contributed by atoms with Gasteiger partial charge in [-0.1, -0.05) is 23.2 Å². The lowest BCUT2D eigenvalue weighted by molar-refractivity contribution is -0.121. The lowest BCUT2D eigenvalue weighted by Gasteiger charge is -2.10. The average molecular weight is 427 g/mol. The number of benzene rings is 2. The Morgan fingerprint density at radius 1 is 1.00 bits per heavy atom. The molecule has 11 heteroatoms. The molecule has 0 aliphatic carbocycles. The number of rotatable bonds is 5. The molecule has 0 aliphatic rings. The van der Waals surface area contributed by atoms with Crippen molar-refractivity contribution in [1.82, 2.24) is 4.72 Å². The number of carbonyl (C=O) groups is 1. The lowest BCUT2D eigenvalue weighted by atomic mass is 10.2. The van der Waals surface area contributed by atoms with Gasteiger partial charge in [0.25, 0.3) is 5.91 Å². The predicted molar refractivity (Wildman–Crippen MR) is 92.1 cm³/mol. The van der Waals surface area contributed by atoms with E-state index >= 15 is 0 Å². The van der Waals surface area contributed by atoms with Gasteiger partial charge in [0.15, 0.2) is 0 Å². The molecule has 1 amide bonds. The summed E-state index contributed by atoms with van der Waals surface area (Å²) in [5.74, 6) is -0.519. The third kappa shape index (κ3) is 5.60. The molecular weight excluding hydrogens is 416 g/mol. The second-order valence-corrected chi connectivity index (χ2v) is 7.63. The molecule has 0 aromatic heterocycles. The van der Waals surface area contributed by atoms with Crippen molar-refractivity contribution in [2.75, 3.05) is 11.9 Å². The Morgan fingerprint density at radius 2 is 1.62 bits per heavy atom. The van der Waals surface area contributed by atoms with E-state index in [-0.39, 0.29) is 26.2 Å². The molecule has 0 atom stereocenters. The fourth-order valence-corrected chi connectivity index (χ4v) is 3.13. The van der Waals surface area contributed by atoms with Crippen molar-refractivity contribution in [3.05, 3.63) is 58.1 Å². The van der Waals surface area contributed by atoms with Gasteiger partial charge in [-0.3, -0.25) is 4.79 Å². The average Bonchev–Trinajstić information content (AvgIpc) is 2.55. The Bertz CT molecular complexity index is 917. The van der Waals surface area contributed by atoms with Gasteiger partial charge >= 0.3 is 6.18 Å².